The fourth-order valence-corrected chi connectivity index (χ4v) is 11.0. The Labute approximate surface area is 346 Å². The largest absolute Gasteiger partial charge is 0.458 e. The molecular weight excluding hydrogens is 759 g/mol. The van der Waals surface area contributed by atoms with Crippen molar-refractivity contribution in [1.82, 2.24) is 4.90 Å². The number of ketones is 1. The predicted molar refractivity (Wildman–Crippen MR) is 215 cm³/mol. The molecule has 4 aliphatic rings. The summed E-state index contributed by atoms with van der Waals surface area (Å²) in [5.74, 6) is -4.68. The van der Waals surface area contributed by atoms with E-state index in [-0.39, 0.29) is 30.5 Å². The molecule has 330 valence electrons. The van der Waals surface area contributed by atoms with E-state index in [1.54, 1.807) is 49.2 Å². The number of ether oxygens (including phenoxy) is 10. The Hall–Kier alpha value is -1.40. The van der Waals surface area contributed by atoms with Crippen molar-refractivity contribution in [2.24, 2.45) is 29.6 Å². The summed E-state index contributed by atoms with van der Waals surface area (Å²) in [6.07, 6.45) is -4.18. The van der Waals surface area contributed by atoms with E-state index < -0.39 is 107 Å². The summed E-state index contributed by atoms with van der Waals surface area (Å²) < 4.78 is 63.9. The molecule has 0 aromatic heterocycles. The Bertz CT molecular complexity index is 1390. The van der Waals surface area contributed by atoms with Crippen molar-refractivity contribution in [3.63, 3.8) is 0 Å². The van der Waals surface area contributed by atoms with Gasteiger partial charge in [0.15, 0.2) is 18.2 Å². The SMILES string of the molecule is CC[C@H]1OC(=O)[C@H](C)[C@@H](O[C@H]2C[C@@](C)(OC)[C@@H](OC)[C@H](C)O2)[C@H](C)[C@@H](O[C@@H]2O[C@H](C)C[C@H](N(C)C)[C@H]2OC)[C@](C)(OC)C[C@@H](C)C(=O)C(C)[C@H]2C(S)C(=O)O[C@@]21C. The lowest BCUT2D eigenvalue weighted by Crippen LogP contribution is -2.61. The van der Waals surface area contributed by atoms with Crippen LogP contribution in [0.5, 0.6) is 0 Å². The fraction of sp³-hybridized carbons (Fsp3) is 0.929. The van der Waals surface area contributed by atoms with Crippen molar-refractivity contribution in [3.05, 3.63) is 0 Å². The monoisotopic (exact) mass is 831 g/mol. The number of methoxy groups -OCH3 is 4. The van der Waals surface area contributed by atoms with E-state index in [9.17, 15) is 14.4 Å². The molecule has 0 saturated carbocycles. The Morgan fingerprint density at radius 1 is 0.789 bits per heavy atom. The molecule has 14 nitrogen and oxygen atoms in total. The molecule has 0 radical (unpaired) electrons. The van der Waals surface area contributed by atoms with E-state index in [0.717, 1.165) is 6.42 Å². The number of esters is 2. The molecule has 0 spiro atoms. The third-order valence-corrected chi connectivity index (χ3v) is 14.3. The number of nitrogens with zero attached hydrogens (tertiary/aromatic N) is 1. The number of rotatable bonds is 10. The van der Waals surface area contributed by atoms with Crippen LogP contribution >= 0.6 is 12.6 Å². The molecule has 4 aliphatic heterocycles. The van der Waals surface area contributed by atoms with Gasteiger partial charge in [0.2, 0.25) is 0 Å². The van der Waals surface area contributed by atoms with E-state index in [1.807, 2.05) is 62.6 Å². The predicted octanol–water partition coefficient (Wildman–Crippen LogP) is 4.87. The summed E-state index contributed by atoms with van der Waals surface area (Å²) in [6.45, 7) is 18.8. The molecule has 19 atom stereocenters. The van der Waals surface area contributed by atoms with Gasteiger partial charge in [-0.2, -0.15) is 12.6 Å². The molecule has 15 heteroatoms. The van der Waals surface area contributed by atoms with Crippen LogP contribution in [0.2, 0.25) is 0 Å². The van der Waals surface area contributed by atoms with Gasteiger partial charge in [-0.25, -0.2) is 0 Å². The standard InChI is InChI=1S/C42H73NO13S/c1-17-28-42(10)30(34(57)38(46)56-42)23(4)31(44)21(2)19-40(8,49-15)35(55-39-33(47-13)27(43(11)12)18-22(3)51-39)24(5)32(25(6)37(45)53-28)54-29-20-41(9,50-16)36(48-14)26(7)52-29/h21-30,32-36,39,57H,17-20H2,1-16H3/t21-,22-,23?,24+,25-,26+,27+,28-,29+,30+,32+,33-,34?,35-,36+,39+,40-,41-,42-/m1/s1. The molecule has 4 heterocycles. The lowest BCUT2D eigenvalue weighted by Gasteiger charge is -2.50. The number of carbonyl (C=O) groups is 3. The smallest absolute Gasteiger partial charge is 0.319 e. The van der Waals surface area contributed by atoms with E-state index in [1.165, 1.54) is 0 Å². The molecule has 0 aromatic carbocycles. The molecular formula is C42H73NO13S. The molecule has 4 saturated heterocycles. The minimum absolute atomic E-state index is 0.0305. The topological polar surface area (TPSA) is 147 Å². The normalized spacial score (nSPS) is 47.9. The van der Waals surface area contributed by atoms with Crippen molar-refractivity contribution in [1.29, 1.82) is 0 Å². The van der Waals surface area contributed by atoms with Gasteiger partial charge >= 0.3 is 11.9 Å². The van der Waals surface area contributed by atoms with Gasteiger partial charge in [-0.05, 0) is 74.9 Å². The van der Waals surface area contributed by atoms with E-state index in [4.69, 9.17) is 47.4 Å². The number of fused-ring (bicyclic) bond motifs is 1. The first-order valence-electron chi connectivity index (χ1n) is 20.7. The average molecular weight is 832 g/mol. The van der Waals surface area contributed by atoms with E-state index in [0.29, 0.717) is 12.8 Å². The molecule has 0 amide bonds. The van der Waals surface area contributed by atoms with Crippen molar-refractivity contribution in [2.45, 2.75) is 178 Å². The molecule has 0 N–H and O–H groups in total. The van der Waals surface area contributed by atoms with Gasteiger partial charge in [-0.1, -0.05) is 27.7 Å². The molecule has 4 rings (SSSR count). The molecule has 57 heavy (non-hydrogen) atoms. The number of likely N-dealkylation sites (N-methyl/N-ethyl adjacent to an activating group) is 1. The minimum Gasteiger partial charge on any atom is -0.458 e. The zero-order chi connectivity index (χ0) is 42.9. The second kappa shape index (κ2) is 19.1. The first-order chi connectivity index (χ1) is 26.6. The second-order valence-electron chi connectivity index (χ2n) is 18.0. The highest BCUT2D eigenvalue weighted by atomic mass is 32.1. The highest BCUT2D eigenvalue weighted by Gasteiger charge is 2.61. The fourth-order valence-electron chi connectivity index (χ4n) is 10.4. The van der Waals surface area contributed by atoms with Gasteiger partial charge < -0.3 is 52.3 Å². The van der Waals surface area contributed by atoms with E-state index >= 15 is 0 Å². The van der Waals surface area contributed by atoms with Crippen molar-refractivity contribution in [2.75, 3.05) is 42.5 Å². The molecule has 4 fully saturated rings. The van der Waals surface area contributed by atoms with Crippen molar-refractivity contribution in [3.8, 4) is 0 Å². The molecule has 2 unspecified atom stereocenters. The van der Waals surface area contributed by atoms with Gasteiger partial charge in [0.25, 0.3) is 0 Å². The number of hydrogen-bond donors (Lipinski definition) is 1. The van der Waals surface area contributed by atoms with Gasteiger partial charge in [0.1, 0.15) is 29.3 Å². The maximum absolute atomic E-state index is 14.6. The van der Waals surface area contributed by atoms with Gasteiger partial charge in [-0.15, -0.1) is 0 Å². The van der Waals surface area contributed by atoms with Crippen LogP contribution in [0.1, 0.15) is 94.9 Å². The van der Waals surface area contributed by atoms with Gasteiger partial charge in [-0.3, -0.25) is 14.4 Å². The Morgan fingerprint density at radius 3 is 1.95 bits per heavy atom. The van der Waals surface area contributed by atoms with Crippen molar-refractivity contribution < 1.29 is 61.8 Å². The number of hydrogen-bond acceptors (Lipinski definition) is 15. The third-order valence-electron chi connectivity index (χ3n) is 13.7. The first-order valence-corrected chi connectivity index (χ1v) is 21.2. The Kier molecular flexibility index (Phi) is 16.2. The zero-order valence-electron chi connectivity index (χ0n) is 37.3. The number of thiol groups is 1. The Balaban J connectivity index is 1.90. The third kappa shape index (κ3) is 9.58. The summed E-state index contributed by atoms with van der Waals surface area (Å²) >= 11 is 4.68. The van der Waals surface area contributed by atoms with Gasteiger partial charge in [0, 0.05) is 64.6 Å². The lowest BCUT2D eigenvalue weighted by molar-refractivity contribution is -0.322. The van der Waals surface area contributed by atoms with Crippen LogP contribution in [-0.2, 0) is 61.8 Å². The molecule has 0 aromatic rings. The van der Waals surface area contributed by atoms with Crippen LogP contribution in [0, 0.1) is 29.6 Å². The number of cyclic esters (lactones) is 1. The first kappa shape index (κ1) is 48.3. The van der Waals surface area contributed by atoms with E-state index in [2.05, 4.69) is 17.5 Å². The van der Waals surface area contributed by atoms with Crippen LogP contribution in [0.4, 0.5) is 0 Å². The molecule has 0 bridgehead atoms. The van der Waals surface area contributed by atoms with Crippen LogP contribution in [0.25, 0.3) is 0 Å². The second-order valence-corrected chi connectivity index (χ2v) is 18.5. The summed E-state index contributed by atoms with van der Waals surface area (Å²) in [5, 5.41) is -0.905. The summed E-state index contributed by atoms with van der Waals surface area (Å²) in [6, 6.07) is -0.0305. The maximum Gasteiger partial charge on any atom is 0.319 e. The average Bonchev–Trinajstić information content (AvgIpc) is 3.39. The number of Topliss-reactive ketones (excluding diaryl/α,β-unsaturated/α-hetero) is 1. The van der Waals surface area contributed by atoms with Crippen LogP contribution in [-0.4, -0.2) is 149 Å². The van der Waals surface area contributed by atoms with Gasteiger partial charge in [0.05, 0.1) is 41.5 Å². The highest BCUT2D eigenvalue weighted by Crippen LogP contribution is 2.48. The summed E-state index contributed by atoms with van der Waals surface area (Å²) in [5.41, 5.74) is -3.25. The van der Waals surface area contributed by atoms with Crippen LogP contribution < -0.4 is 0 Å². The maximum atomic E-state index is 14.6. The summed E-state index contributed by atoms with van der Waals surface area (Å²) in [4.78, 5) is 44.6. The minimum atomic E-state index is -1.32. The van der Waals surface area contributed by atoms with Crippen LogP contribution in [0.15, 0.2) is 0 Å². The highest BCUT2D eigenvalue weighted by molar-refractivity contribution is 7.81. The van der Waals surface area contributed by atoms with Crippen molar-refractivity contribution >= 4 is 30.4 Å². The number of carbonyl (C=O) groups excluding carboxylic acids is 3. The summed E-state index contributed by atoms with van der Waals surface area (Å²) in [7, 11) is 10.5. The van der Waals surface area contributed by atoms with Crippen LogP contribution in [0.3, 0.4) is 0 Å². The lowest BCUT2D eigenvalue weighted by atomic mass is 9.70. The zero-order valence-corrected chi connectivity index (χ0v) is 38.2. The Morgan fingerprint density at radius 2 is 1.40 bits per heavy atom. The molecule has 0 aliphatic carbocycles. The quantitative estimate of drug-likeness (QED) is 0.236.